The molecular formula is C17H31IN4S. The molecule has 0 amide bonds. The lowest BCUT2D eigenvalue weighted by Gasteiger charge is -2.26. The van der Waals surface area contributed by atoms with Crippen molar-refractivity contribution in [2.24, 2.45) is 16.8 Å². The molecule has 1 aliphatic carbocycles. The van der Waals surface area contributed by atoms with Crippen LogP contribution in [0, 0.1) is 11.8 Å². The fourth-order valence-corrected chi connectivity index (χ4v) is 3.77. The molecule has 2 rings (SSSR count). The first-order valence-corrected chi connectivity index (χ1v) is 9.41. The Morgan fingerprint density at radius 1 is 1.30 bits per heavy atom. The SMILES string of the molecule is CCc1cnc(CCNC(=NC)NCC2CCC(C)CC2)s1.I. The van der Waals surface area contributed by atoms with E-state index in [0.717, 1.165) is 43.7 Å². The molecular weight excluding hydrogens is 419 g/mol. The fourth-order valence-electron chi connectivity index (χ4n) is 2.91. The number of hydrogen-bond acceptors (Lipinski definition) is 3. The molecule has 1 fully saturated rings. The summed E-state index contributed by atoms with van der Waals surface area (Å²) < 4.78 is 0. The van der Waals surface area contributed by atoms with Crippen LogP contribution in [0.15, 0.2) is 11.2 Å². The Bertz CT molecular complexity index is 467. The lowest BCUT2D eigenvalue weighted by atomic mass is 9.83. The standard InChI is InChI=1S/C17H30N4S.HI/c1-4-15-12-20-16(22-15)9-10-19-17(18-3)21-11-14-7-5-13(2)6-8-14;/h12-14H,4-11H2,1-3H3,(H2,18,19,21);1H. The second-order valence-electron chi connectivity index (χ2n) is 6.33. The number of nitrogens with one attached hydrogen (secondary N) is 2. The first kappa shape index (κ1) is 20.7. The van der Waals surface area contributed by atoms with Crippen molar-refractivity contribution in [3.05, 3.63) is 16.1 Å². The molecule has 0 unspecified atom stereocenters. The summed E-state index contributed by atoms with van der Waals surface area (Å²) in [5, 5.41) is 8.09. The van der Waals surface area contributed by atoms with E-state index in [1.807, 2.05) is 24.6 Å². The van der Waals surface area contributed by atoms with E-state index < -0.39 is 0 Å². The van der Waals surface area contributed by atoms with Crippen LogP contribution in [-0.4, -0.2) is 31.1 Å². The molecule has 0 atom stereocenters. The molecule has 0 radical (unpaired) electrons. The molecule has 1 heterocycles. The van der Waals surface area contributed by atoms with Gasteiger partial charge in [0.05, 0.1) is 5.01 Å². The molecule has 4 nitrogen and oxygen atoms in total. The lowest BCUT2D eigenvalue weighted by Crippen LogP contribution is -2.41. The third-order valence-electron chi connectivity index (χ3n) is 4.50. The summed E-state index contributed by atoms with van der Waals surface area (Å²) in [4.78, 5) is 10.1. The topological polar surface area (TPSA) is 49.3 Å². The molecule has 1 aliphatic rings. The molecule has 0 spiro atoms. The van der Waals surface area contributed by atoms with Gasteiger partial charge in [0.1, 0.15) is 0 Å². The minimum absolute atomic E-state index is 0. The van der Waals surface area contributed by atoms with E-state index in [9.17, 15) is 0 Å². The summed E-state index contributed by atoms with van der Waals surface area (Å²) >= 11 is 1.82. The Kier molecular flexibility index (Phi) is 10.1. The van der Waals surface area contributed by atoms with E-state index in [-0.39, 0.29) is 24.0 Å². The number of halogens is 1. The van der Waals surface area contributed by atoms with Crippen LogP contribution < -0.4 is 10.6 Å². The Morgan fingerprint density at radius 2 is 2.04 bits per heavy atom. The third-order valence-corrected chi connectivity index (χ3v) is 5.70. The molecule has 0 aliphatic heterocycles. The lowest BCUT2D eigenvalue weighted by molar-refractivity contribution is 0.289. The van der Waals surface area contributed by atoms with Crippen molar-refractivity contribution >= 4 is 41.3 Å². The van der Waals surface area contributed by atoms with E-state index in [2.05, 4.69) is 34.5 Å². The zero-order chi connectivity index (χ0) is 15.8. The first-order valence-electron chi connectivity index (χ1n) is 8.59. The van der Waals surface area contributed by atoms with Crippen LogP contribution in [-0.2, 0) is 12.8 Å². The van der Waals surface area contributed by atoms with Gasteiger partial charge in [-0.1, -0.05) is 26.7 Å². The van der Waals surface area contributed by atoms with Crippen LogP contribution in [0.4, 0.5) is 0 Å². The normalized spacial score (nSPS) is 21.6. The number of nitrogens with zero attached hydrogens (tertiary/aromatic N) is 2. The van der Waals surface area contributed by atoms with Crippen LogP contribution in [0.3, 0.4) is 0 Å². The molecule has 1 aromatic rings. The van der Waals surface area contributed by atoms with Gasteiger partial charge < -0.3 is 10.6 Å². The van der Waals surface area contributed by atoms with Crippen molar-refractivity contribution in [2.75, 3.05) is 20.1 Å². The van der Waals surface area contributed by atoms with Crippen molar-refractivity contribution in [2.45, 2.75) is 52.4 Å². The first-order chi connectivity index (χ1) is 10.7. The zero-order valence-electron chi connectivity index (χ0n) is 14.6. The second kappa shape index (κ2) is 11.2. The highest BCUT2D eigenvalue weighted by atomic mass is 127. The number of aryl methyl sites for hydroxylation is 1. The predicted molar refractivity (Wildman–Crippen MR) is 111 cm³/mol. The van der Waals surface area contributed by atoms with E-state index >= 15 is 0 Å². The van der Waals surface area contributed by atoms with Crippen LogP contribution in [0.25, 0.3) is 0 Å². The minimum Gasteiger partial charge on any atom is -0.356 e. The molecule has 2 N–H and O–H groups in total. The average Bonchev–Trinajstić information content (AvgIpc) is 3.00. The van der Waals surface area contributed by atoms with Gasteiger partial charge in [0.2, 0.25) is 0 Å². The maximum atomic E-state index is 4.45. The Morgan fingerprint density at radius 3 is 2.65 bits per heavy atom. The van der Waals surface area contributed by atoms with Gasteiger partial charge >= 0.3 is 0 Å². The summed E-state index contributed by atoms with van der Waals surface area (Å²) in [7, 11) is 1.84. The van der Waals surface area contributed by atoms with Crippen molar-refractivity contribution in [3.8, 4) is 0 Å². The van der Waals surface area contributed by atoms with E-state index in [1.54, 1.807) is 0 Å². The maximum Gasteiger partial charge on any atom is 0.190 e. The van der Waals surface area contributed by atoms with Gasteiger partial charge in [-0.3, -0.25) is 4.99 Å². The number of aromatic nitrogens is 1. The van der Waals surface area contributed by atoms with Gasteiger partial charge in [-0.15, -0.1) is 35.3 Å². The zero-order valence-corrected chi connectivity index (χ0v) is 17.7. The largest absolute Gasteiger partial charge is 0.356 e. The summed E-state index contributed by atoms with van der Waals surface area (Å²) in [6.07, 6.45) is 9.50. The van der Waals surface area contributed by atoms with Gasteiger partial charge in [-0.25, -0.2) is 4.98 Å². The van der Waals surface area contributed by atoms with Crippen molar-refractivity contribution in [3.63, 3.8) is 0 Å². The highest BCUT2D eigenvalue weighted by Crippen LogP contribution is 2.27. The quantitative estimate of drug-likeness (QED) is 0.393. The number of guanidine groups is 1. The van der Waals surface area contributed by atoms with E-state index in [1.165, 1.54) is 35.6 Å². The molecule has 23 heavy (non-hydrogen) atoms. The van der Waals surface area contributed by atoms with E-state index in [4.69, 9.17) is 0 Å². The number of hydrogen-bond donors (Lipinski definition) is 2. The van der Waals surface area contributed by atoms with Crippen molar-refractivity contribution in [1.82, 2.24) is 15.6 Å². The van der Waals surface area contributed by atoms with E-state index in [0.29, 0.717) is 0 Å². The number of aliphatic imine (C=N–C) groups is 1. The molecule has 0 bridgehead atoms. The van der Waals surface area contributed by atoms with Gasteiger partial charge in [0.25, 0.3) is 0 Å². The van der Waals surface area contributed by atoms with Crippen LogP contribution in [0.5, 0.6) is 0 Å². The summed E-state index contributed by atoms with van der Waals surface area (Å²) in [6.45, 7) is 6.47. The van der Waals surface area contributed by atoms with Crippen LogP contribution >= 0.6 is 35.3 Å². The molecule has 0 aromatic carbocycles. The Labute approximate surface area is 162 Å². The molecule has 132 valence electrons. The third kappa shape index (κ3) is 7.37. The number of rotatable bonds is 6. The summed E-state index contributed by atoms with van der Waals surface area (Å²) in [5.41, 5.74) is 0. The predicted octanol–water partition coefficient (Wildman–Crippen LogP) is 3.86. The summed E-state index contributed by atoms with van der Waals surface area (Å²) in [5.74, 6) is 2.65. The second-order valence-corrected chi connectivity index (χ2v) is 7.53. The van der Waals surface area contributed by atoms with Gasteiger partial charge in [0, 0.05) is 37.6 Å². The fraction of sp³-hybridized carbons (Fsp3) is 0.765. The molecule has 6 heteroatoms. The van der Waals surface area contributed by atoms with Gasteiger partial charge in [-0.2, -0.15) is 0 Å². The Balaban J connectivity index is 0.00000264. The van der Waals surface area contributed by atoms with Crippen LogP contribution in [0.2, 0.25) is 0 Å². The highest BCUT2D eigenvalue weighted by molar-refractivity contribution is 14.0. The smallest absolute Gasteiger partial charge is 0.190 e. The maximum absolute atomic E-state index is 4.45. The van der Waals surface area contributed by atoms with Crippen molar-refractivity contribution < 1.29 is 0 Å². The summed E-state index contributed by atoms with van der Waals surface area (Å²) in [6, 6.07) is 0. The Hall–Kier alpha value is -0.370. The average molecular weight is 450 g/mol. The van der Waals surface area contributed by atoms with Crippen molar-refractivity contribution in [1.29, 1.82) is 0 Å². The molecule has 1 saturated carbocycles. The van der Waals surface area contributed by atoms with Gasteiger partial charge in [0.15, 0.2) is 5.96 Å². The highest BCUT2D eigenvalue weighted by Gasteiger charge is 2.18. The molecule has 0 saturated heterocycles. The monoisotopic (exact) mass is 450 g/mol. The number of thiazole rings is 1. The van der Waals surface area contributed by atoms with Crippen LogP contribution in [0.1, 0.15) is 49.4 Å². The minimum atomic E-state index is 0. The van der Waals surface area contributed by atoms with Gasteiger partial charge in [-0.05, 0) is 31.1 Å². The molecule has 1 aromatic heterocycles.